The average Bonchev–Trinajstić information content (AvgIpc) is 2.91. The number of thiocarbonyl (C=S) groups is 1. The van der Waals surface area contributed by atoms with Crippen LogP contribution in [0.3, 0.4) is 0 Å². The number of aromatic nitrogens is 2. The summed E-state index contributed by atoms with van der Waals surface area (Å²) in [5.41, 5.74) is 2.13. The van der Waals surface area contributed by atoms with Crippen molar-refractivity contribution in [3.8, 4) is 0 Å². The topological polar surface area (TPSA) is 53.1 Å². The molecule has 138 valence electrons. The summed E-state index contributed by atoms with van der Waals surface area (Å²) in [5.74, 6) is 1.54. The van der Waals surface area contributed by atoms with Gasteiger partial charge in [0.15, 0.2) is 5.11 Å². The summed E-state index contributed by atoms with van der Waals surface area (Å²) in [6, 6.07) is 12.4. The summed E-state index contributed by atoms with van der Waals surface area (Å²) in [7, 11) is 0. The fraction of sp³-hybridized carbons (Fsp3) is 0.450. The summed E-state index contributed by atoms with van der Waals surface area (Å²) in [6.07, 6.45) is 5.05. The van der Waals surface area contributed by atoms with Gasteiger partial charge in [-0.15, -0.1) is 0 Å². The number of aryl methyl sites for hydroxylation is 1. The monoisotopic (exact) mass is 369 g/mol. The molecule has 3 rings (SSSR count). The Morgan fingerprint density at radius 1 is 1.08 bits per heavy atom. The zero-order valence-electron chi connectivity index (χ0n) is 15.5. The van der Waals surface area contributed by atoms with E-state index in [-0.39, 0.29) is 6.04 Å². The number of anilines is 2. The number of nitrogens with one attached hydrogen (secondary N) is 2. The fourth-order valence-electron chi connectivity index (χ4n) is 3.23. The van der Waals surface area contributed by atoms with Crippen LogP contribution in [0.1, 0.15) is 49.9 Å². The molecule has 26 heavy (non-hydrogen) atoms. The van der Waals surface area contributed by atoms with Gasteiger partial charge in [0.2, 0.25) is 5.95 Å². The van der Waals surface area contributed by atoms with Gasteiger partial charge in [0.05, 0.1) is 6.04 Å². The van der Waals surface area contributed by atoms with E-state index < -0.39 is 0 Å². The molecule has 2 heterocycles. The Morgan fingerprint density at radius 2 is 1.77 bits per heavy atom. The molecule has 1 aliphatic rings. The van der Waals surface area contributed by atoms with E-state index >= 15 is 0 Å². The lowest BCUT2D eigenvalue weighted by atomic mass is 10.1. The third-order valence-electron chi connectivity index (χ3n) is 4.64. The molecule has 0 bridgehead atoms. The third kappa shape index (κ3) is 5.14. The van der Waals surface area contributed by atoms with Crippen molar-refractivity contribution >= 4 is 29.1 Å². The predicted octanol–water partition coefficient (Wildman–Crippen LogP) is 4.21. The van der Waals surface area contributed by atoms with Gasteiger partial charge >= 0.3 is 0 Å². The van der Waals surface area contributed by atoms with E-state index in [1.807, 2.05) is 25.1 Å². The number of benzene rings is 1. The molecule has 0 radical (unpaired) electrons. The van der Waals surface area contributed by atoms with E-state index in [2.05, 4.69) is 45.6 Å². The number of nitrogens with zero attached hydrogens (tertiary/aromatic N) is 3. The summed E-state index contributed by atoms with van der Waals surface area (Å²) in [5, 5.41) is 6.99. The summed E-state index contributed by atoms with van der Waals surface area (Å²) >= 11 is 5.46. The number of hydrogen-bond acceptors (Lipinski definition) is 4. The number of hydrogen-bond donors (Lipinski definition) is 2. The first kappa shape index (κ1) is 18.6. The lowest BCUT2D eigenvalue weighted by Crippen LogP contribution is -2.32. The van der Waals surface area contributed by atoms with Crippen LogP contribution in [-0.2, 0) is 0 Å². The normalized spacial score (nSPS) is 15.8. The van der Waals surface area contributed by atoms with Crippen molar-refractivity contribution in [3.05, 3.63) is 47.7 Å². The molecule has 1 atom stereocenters. The maximum Gasteiger partial charge on any atom is 0.231 e. The van der Waals surface area contributed by atoms with Gasteiger partial charge in [-0.25, -0.2) is 4.98 Å². The lowest BCUT2D eigenvalue weighted by molar-refractivity contribution is 0.722. The van der Waals surface area contributed by atoms with Gasteiger partial charge in [-0.1, -0.05) is 43.2 Å². The zero-order chi connectivity index (χ0) is 18.4. The maximum atomic E-state index is 5.46. The van der Waals surface area contributed by atoms with Crippen molar-refractivity contribution < 1.29 is 0 Å². The highest BCUT2D eigenvalue weighted by Crippen LogP contribution is 2.19. The zero-order valence-corrected chi connectivity index (χ0v) is 16.4. The van der Waals surface area contributed by atoms with Crippen LogP contribution >= 0.6 is 12.2 Å². The third-order valence-corrected chi connectivity index (χ3v) is 4.86. The molecule has 1 aromatic carbocycles. The molecule has 2 N–H and O–H groups in total. The minimum atomic E-state index is 0.117. The molecule has 1 aliphatic heterocycles. The Kier molecular flexibility index (Phi) is 6.39. The Morgan fingerprint density at radius 3 is 2.46 bits per heavy atom. The van der Waals surface area contributed by atoms with E-state index in [1.54, 1.807) is 0 Å². The molecule has 0 amide bonds. The molecule has 0 spiro atoms. The molecule has 1 aromatic heterocycles. The first-order valence-electron chi connectivity index (χ1n) is 9.35. The Balaban J connectivity index is 1.66. The summed E-state index contributed by atoms with van der Waals surface area (Å²) < 4.78 is 0. The van der Waals surface area contributed by atoms with E-state index in [0.717, 1.165) is 24.6 Å². The average molecular weight is 370 g/mol. The second kappa shape index (κ2) is 8.94. The molecular formula is C20H27N5S. The van der Waals surface area contributed by atoms with Crippen LogP contribution in [0.5, 0.6) is 0 Å². The minimum Gasteiger partial charge on any atom is -0.356 e. The van der Waals surface area contributed by atoms with Crippen molar-refractivity contribution in [2.75, 3.05) is 23.3 Å². The first-order valence-corrected chi connectivity index (χ1v) is 9.76. The van der Waals surface area contributed by atoms with Crippen molar-refractivity contribution in [2.45, 2.75) is 45.6 Å². The Hall–Kier alpha value is -2.21. The quantitative estimate of drug-likeness (QED) is 0.787. The summed E-state index contributed by atoms with van der Waals surface area (Å²) in [4.78, 5) is 11.5. The maximum absolute atomic E-state index is 5.46. The Bertz CT molecular complexity index is 726. The van der Waals surface area contributed by atoms with Crippen molar-refractivity contribution in [2.24, 2.45) is 0 Å². The van der Waals surface area contributed by atoms with Gasteiger partial charge in [0, 0.05) is 24.8 Å². The van der Waals surface area contributed by atoms with Gasteiger partial charge in [0.25, 0.3) is 0 Å². The van der Waals surface area contributed by atoms with Crippen molar-refractivity contribution in [1.82, 2.24) is 15.3 Å². The molecular weight excluding hydrogens is 342 g/mol. The van der Waals surface area contributed by atoms with Crippen LogP contribution in [0.2, 0.25) is 0 Å². The lowest BCUT2D eigenvalue weighted by Gasteiger charge is -2.22. The highest BCUT2D eigenvalue weighted by molar-refractivity contribution is 7.80. The predicted molar refractivity (Wildman–Crippen MR) is 112 cm³/mol. The van der Waals surface area contributed by atoms with Crippen LogP contribution < -0.4 is 15.5 Å². The molecule has 0 saturated carbocycles. The van der Waals surface area contributed by atoms with Crippen molar-refractivity contribution in [1.29, 1.82) is 0 Å². The summed E-state index contributed by atoms with van der Waals surface area (Å²) in [6.45, 7) is 6.20. The van der Waals surface area contributed by atoms with E-state index in [0.29, 0.717) is 11.1 Å². The van der Waals surface area contributed by atoms with Crippen LogP contribution in [0.4, 0.5) is 11.8 Å². The molecule has 5 nitrogen and oxygen atoms in total. The van der Waals surface area contributed by atoms with Crippen molar-refractivity contribution in [3.63, 3.8) is 0 Å². The second-order valence-corrected chi connectivity index (χ2v) is 7.23. The van der Waals surface area contributed by atoms with Gasteiger partial charge in [-0.3, -0.25) is 0 Å². The molecule has 0 aliphatic carbocycles. The van der Waals surface area contributed by atoms with Crippen LogP contribution in [0.15, 0.2) is 36.4 Å². The van der Waals surface area contributed by atoms with Crippen LogP contribution in [-0.4, -0.2) is 28.2 Å². The number of rotatable bonds is 4. The van der Waals surface area contributed by atoms with E-state index in [1.165, 1.54) is 31.2 Å². The Labute approximate surface area is 161 Å². The van der Waals surface area contributed by atoms with Gasteiger partial charge < -0.3 is 15.5 Å². The minimum absolute atomic E-state index is 0.117. The highest BCUT2D eigenvalue weighted by atomic mass is 32.1. The van der Waals surface area contributed by atoms with Gasteiger partial charge in [-0.05, 0) is 44.5 Å². The fourth-order valence-corrected chi connectivity index (χ4v) is 3.50. The van der Waals surface area contributed by atoms with Gasteiger partial charge in [0.1, 0.15) is 5.82 Å². The van der Waals surface area contributed by atoms with Crippen LogP contribution in [0.25, 0.3) is 0 Å². The molecule has 2 aromatic rings. The van der Waals surface area contributed by atoms with E-state index in [4.69, 9.17) is 17.2 Å². The SMILES string of the molecule is Cc1cc(N2CCCCCC2)nc(NC(=S)NC(C)c2ccccc2)n1. The highest BCUT2D eigenvalue weighted by Gasteiger charge is 2.14. The molecule has 1 unspecified atom stereocenters. The smallest absolute Gasteiger partial charge is 0.231 e. The second-order valence-electron chi connectivity index (χ2n) is 6.82. The molecule has 6 heteroatoms. The first-order chi connectivity index (χ1) is 12.6. The largest absolute Gasteiger partial charge is 0.356 e. The van der Waals surface area contributed by atoms with Gasteiger partial charge in [-0.2, -0.15) is 4.98 Å². The standard InChI is InChI=1S/C20H27N5S/c1-15-14-18(25-12-8-3-4-9-13-25)23-19(21-15)24-20(26)22-16(2)17-10-6-5-7-11-17/h5-7,10-11,14,16H,3-4,8-9,12-13H2,1-2H3,(H2,21,22,23,24,26). The molecule has 1 saturated heterocycles. The van der Waals surface area contributed by atoms with E-state index in [9.17, 15) is 0 Å². The van der Waals surface area contributed by atoms with Crippen LogP contribution in [0, 0.1) is 6.92 Å². The molecule has 1 fully saturated rings.